The Kier molecular flexibility index (Phi) is 2.88. The van der Waals surface area contributed by atoms with Crippen molar-refractivity contribution >= 4 is 8.24 Å². The highest BCUT2D eigenvalue weighted by Gasteiger charge is 2.35. The van der Waals surface area contributed by atoms with E-state index in [1.165, 1.54) is 0 Å². The lowest BCUT2D eigenvalue weighted by Crippen LogP contribution is -2.42. The highest BCUT2D eigenvalue weighted by atomic mass is 28.3. The van der Waals surface area contributed by atoms with Crippen LogP contribution in [0.25, 0.3) is 0 Å². The van der Waals surface area contributed by atoms with Gasteiger partial charge < -0.3 is 9.84 Å². The van der Waals surface area contributed by atoms with E-state index in [0.717, 1.165) is 5.56 Å². The molecule has 1 aromatic heterocycles. The van der Waals surface area contributed by atoms with Crippen molar-refractivity contribution < 1.29 is 9.84 Å². The predicted octanol–water partition coefficient (Wildman–Crippen LogP) is 2.12. The van der Waals surface area contributed by atoms with Gasteiger partial charge in [-0.15, -0.1) is 0 Å². The van der Waals surface area contributed by atoms with Crippen LogP contribution < -0.4 is 5.69 Å². The second-order valence-electron chi connectivity index (χ2n) is 6.00. The lowest BCUT2D eigenvalue weighted by Gasteiger charge is -2.19. The molecular formula is C14H18N2O3Si. The second-order valence-corrected chi connectivity index (χ2v) is 10.8. The fraction of sp³-hybridized carbons (Fsp3) is 0.357. The number of hydrogen-bond donors (Lipinski definition) is 1. The van der Waals surface area contributed by atoms with Crippen LogP contribution in [0.5, 0.6) is 5.88 Å². The zero-order valence-corrected chi connectivity index (χ0v) is 12.8. The van der Waals surface area contributed by atoms with Crippen LogP contribution in [0.15, 0.2) is 35.1 Å². The molecule has 1 atom stereocenters. The standard InChI is InChI=1S/C14H18N2O3Si/c1-20(2,3)16-12(17)11-9-19-13(15(11)14(16)18)10-7-5-4-6-8-10/h4-8,13,17H,9H2,1-3H3. The molecule has 5 nitrogen and oxygen atoms in total. The SMILES string of the molecule is C[Si](C)(C)n1c(O)c2n(c1=O)C(c1ccccc1)OC2. The van der Waals surface area contributed by atoms with E-state index in [2.05, 4.69) is 0 Å². The molecule has 20 heavy (non-hydrogen) atoms. The van der Waals surface area contributed by atoms with Crippen LogP contribution >= 0.6 is 0 Å². The Morgan fingerprint density at radius 3 is 2.50 bits per heavy atom. The van der Waals surface area contributed by atoms with Gasteiger partial charge in [0.1, 0.15) is 5.69 Å². The maximum Gasteiger partial charge on any atom is 0.325 e. The minimum Gasteiger partial charge on any atom is -0.494 e. The lowest BCUT2D eigenvalue weighted by atomic mass is 10.2. The lowest BCUT2D eigenvalue weighted by molar-refractivity contribution is 0.0596. The van der Waals surface area contributed by atoms with Crippen LogP contribution in [0.1, 0.15) is 17.5 Å². The van der Waals surface area contributed by atoms with Gasteiger partial charge in [-0.05, 0) is 0 Å². The van der Waals surface area contributed by atoms with Gasteiger partial charge in [-0.3, -0.25) is 8.80 Å². The van der Waals surface area contributed by atoms with Gasteiger partial charge in [0.05, 0.1) is 6.61 Å². The topological polar surface area (TPSA) is 56.4 Å². The molecule has 0 bridgehead atoms. The average molecular weight is 290 g/mol. The molecular weight excluding hydrogens is 272 g/mol. The summed E-state index contributed by atoms with van der Waals surface area (Å²) in [5, 5.41) is 10.3. The first-order valence-electron chi connectivity index (χ1n) is 6.63. The third-order valence-electron chi connectivity index (χ3n) is 3.53. The molecule has 106 valence electrons. The number of imidazole rings is 1. The maximum atomic E-state index is 12.6. The van der Waals surface area contributed by atoms with Gasteiger partial charge in [-0.2, -0.15) is 0 Å². The highest BCUT2D eigenvalue weighted by molar-refractivity contribution is 6.74. The van der Waals surface area contributed by atoms with Crippen molar-refractivity contribution in [1.82, 2.24) is 8.80 Å². The summed E-state index contributed by atoms with van der Waals surface area (Å²) in [5.74, 6) is 0.0626. The van der Waals surface area contributed by atoms with Gasteiger partial charge in [-0.1, -0.05) is 50.0 Å². The largest absolute Gasteiger partial charge is 0.494 e. The van der Waals surface area contributed by atoms with Crippen LogP contribution in [-0.4, -0.2) is 22.1 Å². The number of rotatable bonds is 2. The molecule has 0 saturated heterocycles. The van der Waals surface area contributed by atoms with E-state index in [9.17, 15) is 9.90 Å². The Morgan fingerprint density at radius 1 is 1.25 bits per heavy atom. The summed E-state index contributed by atoms with van der Waals surface area (Å²) in [6.45, 7) is 6.35. The summed E-state index contributed by atoms with van der Waals surface area (Å²) in [5.41, 5.74) is 1.32. The number of aromatic hydroxyl groups is 1. The summed E-state index contributed by atoms with van der Waals surface area (Å²) >= 11 is 0. The average Bonchev–Trinajstić information content (AvgIpc) is 2.91. The second kappa shape index (κ2) is 4.36. The Hall–Kier alpha value is -1.79. The van der Waals surface area contributed by atoms with Crippen molar-refractivity contribution in [3.63, 3.8) is 0 Å². The molecule has 1 aliphatic rings. The molecule has 0 aliphatic carbocycles. The van der Waals surface area contributed by atoms with Gasteiger partial charge in [0.2, 0.25) is 5.88 Å². The minimum absolute atomic E-state index is 0.0626. The van der Waals surface area contributed by atoms with Gasteiger partial charge in [0, 0.05) is 5.56 Å². The first-order valence-corrected chi connectivity index (χ1v) is 10.1. The van der Waals surface area contributed by atoms with E-state index in [1.54, 1.807) is 8.80 Å². The highest BCUT2D eigenvalue weighted by Crippen LogP contribution is 2.33. The predicted molar refractivity (Wildman–Crippen MR) is 78.5 cm³/mol. The van der Waals surface area contributed by atoms with Gasteiger partial charge in [0.15, 0.2) is 14.5 Å². The van der Waals surface area contributed by atoms with Crippen LogP contribution in [0.4, 0.5) is 0 Å². The van der Waals surface area contributed by atoms with Crippen molar-refractivity contribution in [2.24, 2.45) is 0 Å². The molecule has 1 N–H and O–H groups in total. The van der Waals surface area contributed by atoms with Crippen molar-refractivity contribution in [2.75, 3.05) is 0 Å². The summed E-state index contributed by atoms with van der Waals surface area (Å²) < 4.78 is 8.81. The quantitative estimate of drug-likeness (QED) is 0.862. The number of hydrogen-bond acceptors (Lipinski definition) is 3. The Morgan fingerprint density at radius 2 is 1.90 bits per heavy atom. The molecule has 6 heteroatoms. The Bertz CT molecular complexity index is 698. The van der Waals surface area contributed by atoms with E-state index in [-0.39, 0.29) is 18.2 Å². The summed E-state index contributed by atoms with van der Waals surface area (Å²) in [6.07, 6.45) is -0.442. The monoisotopic (exact) mass is 290 g/mol. The Labute approximate surface area is 118 Å². The van der Waals surface area contributed by atoms with Gasteiger partial charge in [-0.25, -0.2) is 4.79 Å². The van der Waals surface area contributed by atoms with Crippen molar-refractivity contribution in [3.8, 4) is 5.88 Å². The van der Waals surface area contributed by atoms with Crippen molar-refractivity contribution in [2.45, 2.75) is 32.5 Å². The zero-order valence-electron chi connectivity index (χ0n) is 11.8. The molecule has 3 rings (SSSR count). The molecule has 1 aromatic carbocycles. The van der Waals surface area contributed by atoms with Crippen molar-refractivity contribution in [3.05, 3.63) is 52.1 Å². The number of ether oxygens (including phenoxy) is 1. The van der Waals surface area contributed by atoms with E-state index in [1.807, 2.05) is 50.0 Å². The number of fused-ring (bicyclic) bond motifs is 1. The summed E-state index contributed by atoms with van der Waals surface area (Å²) in [6, 6.07) is 9.60. The van der Waals surface area contributed by atoms with E-state index in [0.29, 0.717) is 5.69 Å². The smallest absolute Gasteiger partial charge is 0.325 e. The summed E-state index contributed by atoms with van der Waals surface area (Å²) in [7, 11) is -1.97. The first-order chi connectivity index (χ1) is 9.41. The Balaban J connectivity index is 2.18. The fourth-order valence-electron chi connectivity index (χ4n) is 2.63. The van der Waals surface area contributed by atoms with Crippen LogP contribution in [0.3, 0.4) is 0 Å². The third kappa shape index (κ3) is 1.83. The van der Waals surface area contributed by atoms with E-state index >= 15 is 0 Å². The van der Waals surface area contributed by atoms with Crippen LogP contribution in [0, 0.1) is 0 Å². The van der Waals surface area contributed by atoms with Crippen LogP contribution in [0.2, 0.25) is 19.6 Å². The first kappa shape index (κ1) is 13.2. The number of nitrogens with zero attached hydrogens (tertiary/aromatic N) is 2. The molecule has 1 aliphatic heterocycles. The fourth-order valence-corrected chi connectivity index (χ4v) is 4.07. The number of aromatic nitrogens is 2. The van der Waals surface area contributed by atoms with Gasteiger partial charge in [0.25, 0.3) is 0 Å². The normalized spacial score (nSPS) is 18.2. The molecule has 0 amide bonds. The summed E-state index contributed by atoms with van der Waals surface area (Å²) in [4.78, 5) is 12.6. The van der Waals surface area contributed by atoms with E-state index in [4.69, 9.17) is 4.74 Å². The molecule has 0 spiro atoms. The molecule has 2 aromatic rings. The third-order valence-corrected chi connectivity index (χ3v) is 5.27. The molecule has 0 fully saturated rings. The zero-order chi connectivity index (χ0) is 14.5. The van der Waals surface area contributed by atoms with Crippen molar-refractivity contribution in [1.29, 1.82) is 0 Å². The van der Waals surface area contributed by atoms with Gasteiger partial charge >= 0.3 is 5.69 Å². The minimum atomic E-state index is -1.97. The molecule has 2 heterocycles. The molecule has 1 unspecified atom stereocenters. The van der Waals surface area contributed by atoms with Crippen LogP contribution in [-0.2, 0) is 11.3 Å². The maximum absolute atomic E-state index is 12.6. The number of benzene rings is 1. The van der Waals surface area contributed by atoms with E-state index < -0.39 is 14.5 Å². The molecule has 0 radical (unpaired) electrons. The molecule has 0 saturated carbocycles.